The number of ether oxygens (including phenoxy) is 1. The molecule has 4 nitrogen and oxygen atoms in total. The molecule has 0 saturated carbocycles. The van der Waals surface area contributed by atoms with E-state index in [1.54, 1.807) is 0 Å². The van der Waals surface area contributed by atoms with Gasteiger partial charge in [-0.3, -0.25) is 0 Å². The van der Waals surface area contributed by atoms with Gasteiger partial charge in [0.15, 0.2) is 0 Å². The zero-order valence-corrected chi connectivity index (χ0v) is 11.3. The molecule has 1 aromatic carbocycles. The molecule has 0 aliphatic heterocycles. The Morgan fingerprint density at radius 2 is 1.89 bits per heavy atom. The highest BCUT2D eigenvalue weighted by atomic mass is 16.6. The molecule has 0 aliphatic rings. The lowest BCUT2D eigenvalue weighted by Gasteiger charge is -2.19. The number of nitrogens with two attached hydrogens (primary N) is 1. The number of amides is 1. The molecule has 0 spiro atoms. The Balaban J connectivity index is 2.40. The van der Waals surface area contributed by atoms with Crippen LogP contribution in [0, 0.1) is 0 Å². The molecular formula is C14H22N2O2. The average Bonchev–Trinajstić information content (AvgIpc) is 2.27. The molecule has 0 unspecified atom stereocenters. The number of benzene rings is 1. The number of nitrogens with one attached hydrogen (secondary N) is 1. The van der Waals surface area contributed by atoms with Crippen molar-refractivity contribution < 1.29 is 9.53 Å². The minimum absolute atomic E-state index is 0.382. The van der Waals surface area contributed by atoms with Crippen molar-refractivity contribution in [1.29, 1.82) is 0 Å². The standard InChI is InChI=1S/C14H22N2O2/c1-14(2,3)18-13(17)16-9-8-11-6-4-5-7-12(11)10-15/h4-7H,8-10,15H2,1-3H3,(H,16,17). The van der Waals surface area contributed by atoms with Crippen molar-refractivity contribution in [3.63, 3.8) is 0 Å². The molecule has 3 N–H and O–H groups in total. The summed E-state index contributed by atoms with van der Waals surface area (Å²) in [5.74, 6) is 0. The maximum Gasteiger partial charge on any atom is 0.407 e. The van der Waals surface area contributed by atoms with Gasteiger partial charge in [-0.05, 0) is 38.3 Å². The van der Waals surface area contributed by atoms with Gasteiger partial charge >= 0.3 is 6.09 Å². The second kappa shape index (κ2) is 6.40. The molecule has 4 heteroatoms. The maximum absolute atomic E-state index is 11.4. The minimum Gasteiger partial charge on any atom is -0.444 e. The van der Waals surface area contributed by atoms with Gasteiger partial charge < -0.3 is 15.8 Å². The van der Waals surface area contributed by atoms with E-state index in [4.69, 9.17) is 10.5 Å². The summed E-state index contributed by atoms with van der Waals surface area (Å²) in [7, 11) is 0. The Kier molecular flexibility index (Phi) is 5.16. The second-order valence-corrected chi connectivity index (χ2v) is 5.15. The predicted octanol–water partition coefficient (Wildman–Crippen LogP) is 2.21. The molecule has 18 heavy (non-hydrogen) atoms. The molecule has 0 saturated heterocycles. The van der Waals surface area contributed by atoms with Crippen LogP contribution in [-0.4, -0.2) is 18.2 Å². The largest absolute Gasteiger partial charge is 0.444 e. The van der Waals surface area contributed by atoms with E-state index in [2.05, 4.69) is 5.32 Å². The summed E-state index contributed by atoms with van der Waals surface area (Å²) in [5.41, 5.74) is 7.47. The third-order valence-electron chi connectivity index (χ3n) is 2.40. The summed E-state index contributed by atoms with van der Waals surface area (Å²) in [6, 6.07) is 7.97. The van der Waals surface area contributed by atoms with Gasteiger partial charge in [0, 0.05) is 13.1 Å². The molecule has 0 aromatic heterocycles. The molecule has 100 valence electrons. The maximum atomic E-state index is 11.4. The van der Waals surface area contributed by atoms with Crippen LogP contribution in [0.5, 0.6) is 0 Å². The van der Waals surface area contributed by atoms with Crippen LogP contribution in [0.2, 0.25) is 0 Å². The third-order valence-corrected chi connectivity index (χ3v) is 2.40. The molecule has 0 radical (unpaired) electrons. The van der Waals surface area contributed by atoms with E-state index in [0.717, 1.165) is 17.5 Å². The number of rotatable bonds is 4. The van der Waals surface area contributed by atoms with Crippen molar-refractivity contribution in [3.8, 4) is 0 Å². The predicted molar refractivity (Wildman–Crippen MR) is 72.3 cm³/mol. The van der Waals surface area contributed by atoms with Crippen molar-refractivity contribution in [2.45, 2.75) is 39.3 Å². The first-order chi connectivity index (χ1) is 8.42. The van der Waals surface area contributed by atoms with Crippen molar-refractivity contribution in [2.75, 3.05) is 6.54 Å². The molecule has 0 fully saturated rings. The molecule has 0 aliphatic carbocycles. The number of hydrogen-bond donors (Lipinski definition) is 2. The van der Waals surface area contributed by atoms with Gasteiger partial charge in [-0.25, -0.2) is 4.79 Å². The zero-order chi connectivity index (χ0) is 13.6. The molecule has 0 heterocycles. The Hall–Kier alpha value is -1.55. The summed E-state index contributed by atoms with van der Waals surface area (Å²) in [5, 5.41) is 2.74. The van der Waals surface area contributed by atoms with Gasteiger partial charge in [0.1, 0.15) is 5.60 Å². The number of alkyl carbamates (subject to hydrolysis) is 1. The fourth-order valence-corrected chi connectivity index (χ4v) is 1.61. The van der Waals surface area contributed by atoms with Gasteiger partial charge in [0.25, 0.3) is 0 Å². The molecule has 1 rings (SSSR count). The minimum atomic E-state index is -0.459. The van der Waals surface area contributed by atoms with Crippen LogP contribution in [0.4, 0.5) is 4.79 Å². The Morgan fingerprint density at radius 3 is 2.44 bits per heavy atom. The van der Waals surface area contributed by atoms with Crippen LogP contribution in [0.25, 0.3) is 0 Å². The highest BCUT2D eigenvalue weighted by molar-refractivity contribution is 5.67. The number of carbonyl (C=O) groups is 1. The highest BCUT2D eigenvalue weighted by Gasteiger charge is 2.15. The van der Waals surface area contributed by atoms with Crippen molar-refractivity contribution in [2.24, 2.45) is 5.73 Å². The molecule has 1 amide bonds. The molecule has 0 atom stereocenters. The topological polar surface area (TPSA) is 64.3 Å². The van der Waals surface area contributed by atoms with Crippen molar-refractivity contribution in [3.05, 3.63) is 35.4 Å². The summed E-state index contributed by atoms with van der Waals surface area (Å²) >= 11 is 0. The van der Waals surface area contributed by atoms with Gasteiger partial charge in [-0.1, -0.05) is 24.3 Å². The zero-order valence-electron chi connectivity index (χ0n) is 11.3. The Bertz CT molecular complexity index is 397. The smallest absolute Gasteiger partial charge is 0.407 e. The first-order valence-corrected chi connectivity index (χ1v) is 6.16. The fraction of sp³-hybridized carbons (Fsp3) is 0.500. The first-order valence-electron chi connectivity index (χ1n) is 6.16. The van der Waals surface area contributed by atoms with Crippen LogP contribution in [-0.2, 0) is 17.7 Å². The van der Waals surface area contributed by atoms with E-state index in [1.807, 2.05) is 45.0 Å². The molecule has 1 aromatic rings. The summed E-state index contributed by atoms with van der Waals surface area (Å²) < 4.78 is 5.16. The van der Waals surface area contributed by atoms with E-state index in [9.17, 15) is 4.79 Å². The lowest BCUT2D eigenvalue weighted by atomic mass is 10.0. The molecular weight excluding hydrogens is 228 g/mol. The van der Waals surface area contributed by atoms with Gasteiger partial charge in [-0.15, -0.1) is 0 Å². The van der Waals surface area contributed by atoms with E-state index in [0.29, 0.717) is 13.1 Å². The van der Waals surface area contributed by atoms with Gasteiger partial charge in [0.2, 0.25) is 0 Å². The van der Waals surface area contributed by atoms with E-state index < -0.39 is 5.60 Å². The average molecular weight is 250 g/mol. The first kappa shape index (κ1) is 14.5. The SMILES string of the molecule is CC(C)(C)OC(=O)NCCc1ccccc1CN. The lowest BCUT2D eigenvalue weighted by molar-refractivity contribution is 0.0528. The van der Waals surface area contributed by atoms with Gasteiger partial charge in [-0.2, -0.15) is 0 Å². The van der Waals surface area contributed by atoms with Crippen LogP contribution in [0.3, 0.4) is 0 Å². The monoisotopic (exact) mass is 250 g/mol. The number of carbonyl (C=O) groups excluding carboxylic acids is 1. The Labute approximate surface area is 109 Å². The van der Waals surface area contributed by atoms with E-state index in [-0.39, 0.29) is 6.09 Å². The second-order valence-electron chi connectivity index (χ2n) is 5.15. The third kappa shape index (κ3) is 5.19. The highest BCUT2D eigenvalue weighted by Crippen LogP contribution is 2.09. The number of hydrogen-bond acceptors (Lipinski definition) is 3. The van der Waals surface area contributed by atoms with E-state index in [1.165, 1.54) is 0 Å². The van der Waals surface area contributed by atoms with Crippen LogP contribution >= 0.6 is 0 Å². The summed E-state index contributed by atoms with van der Waals surface area (Å²) in [6.07, 6.45) is 0.375. The van der Waals surface area contributed by atoms with Gasteiger partial charge in [0.05, 0.1) is 0 Å². The van der Waals surface area contributed by atoms with Crippen molar-refractivity contribution >= 4 is 6.09 Å². The van der Waals surface area contributed by atoms with Crippen LogP contribution in [0.15, 0.2) is 24.3 Å². The normalized spacial score (nSPS) is 11.1. The quantitative estimate of drug-likeness (QED) is 0.861. The summed E-state index contributed by atoms with van der Waals surface area (Å²) in [4.78, 5) is 11.4. The molecule has 0 bridgehead atoms. The Morgan fingerprint density at radius 1 is 1.28 bits per heavy atom. The fourth-order valence-electron chi connectivity index (χ4n) is 1.61. The van der Waals surface area contributed by atoms with Crippen LogP contribution in [0.1, 0.15) is 31.9 Å². The van der Waals surface area contributed by atoms with E-state index >= 15 is 0 Å². The van der Waals surface area contributed by atoms with Crippen molar-refractivity contribution in [1.82, 2.24) is 5.32 Å². The lowest BCUT2D eigenvalue weighted by Crippen LogP contribution is -2.33. The summed E-state index contributed by atoms with van der Waals surface area (Å²) in [6.45, 7) is 6.59. The van der Waals surface area contributed by atoms with Crippen LogP contribution < -0.4 is 11.1 Å².